The van der Waals surface area contributed by atoms with Crippen LogP contribution in [0.1, 0.15) is 41.5 Å². The third-order valence-corrected chi connectivity index (χ3v) is 6.53. The maximum Gasteiger partial charge on any atom is 0.416 e. The minimum Gasteiger partial charge on any atom is -0.373 e. The topological polar surface area (TPSA) is 29.5 Å². The van der Waals surface area contributed by atoms with Crippen LogP contribution in [0, 0.1) is 11.7 Å². The number of piperidine rings is 1. The van der Waals surface area contributed by atoms with Crippen LogP contribution in [0.2, 0.25) is 0 Å². The van der Waals surface area contributed by atoms with Crippen LogP contribution in [0.25, 0.3) is 0 Å². The highest BCUT2D eigenvalue weighted by Gasteiger charge is 2.38. The Labute approximate surface area is 202 Å². The van der Waals surface area contributed by atoms with E-state index < -0.39 is 17.6 Å². The standard InChI is InChI=1S/C28H27F4NO2/c1-19(34)33-13-12-26(35-18-20-14-23(28(30,31)32)16-24(29)15-20)25(17-33)27(21-8-4-2-5-9-21)22-10-6-3-7-11-22/h2-11,14-16,25-27H,12-13,17-18H2,1H3/t25-,26+/m1/s1. The molecule has 1 fully saturated rings. The van der Waals surface area contributed by atoms with Crippen molar-refractivity contribution in [2.24, 2.45) is 5.92 Å². The van der Waals surface area contributed by atoms with E-state index in [1.165, 1.54) is 6.92 Å². The molecule has 0 N–H and O–H groups in total. The first-order valence-electron chi connectivity index (χ1n) is 11.6. The number of amides is 1. The first kappa shape index (κ1) is 24.9. The molecule has 7 heteroatoms. The average Bonchev–Trinajstić information content (AvgIpc) is 2.84. The molecule has 3 nitrogen and oxygen atoms in total. The summed E-state index contributed by atoms with van der Waals surface area (Å²) in [5, 5.41) is 0. The monoisotopic (exact) mass is 485 g/mol. The van der Waals surface area contributed by atoms with Gasteiger partial charge >= 0.3 is 6.18 Å². The number of alkyl halides is 3. The van der Waals surface area contributed by atoms with E-state index >= 15 is 0 Å². The summed E-state index contributed by atoms with van der Waals surface area (Å²) in [6.45, 7) is 2.32. The van der Waals surface area contributed by atoms with Gasteiger partial charge in [0.25, 0.3) is 0 Å². The molecule has 0 bridgehead atoms. The molecule has 184 valence electrons. The van der Waals surface area contributed by atoms with Crippen LogP contribution in [0.15, 0.2) is 78.9 Å². The van der Waals surface area contributed by atoms with Crippen molar-refractivity contribution < 1.29 is 27.1 Å². The summed E-state index contributed by atoms with van der Waals surface area (Å²) < 4.78 is 59.6. The number of ether oxygens (including phenoxy) is 1. The number of nitrogens with zero attached hydrogens (tertiary/aromatic N) is 1. The fourth-order valence-electron chi connectivity index (χ4n) is 4.88. The van der Waals surface area contributed by atoms with Crippen molar-refractivity contribution in [1.82, 2.24) is 4.90 Å². The van der Waals surface area contributed by atoms with Gasteiger partial charge in [-0.1, -0.05) is 60.7 Å². The predicted molar refractivity (Wildman–Crippen MR) is 125 cm³/mol. The molecule has 0 radical (unpaired) electrons. The van der Waals surface area contributed by atoms with Crippen molar-refractivity contribution in [2.45, 2.75) is 38.1 Å². The van der Waals surface area contributed by atoms with Crippen molar-refractivity contribution in [2.75, 3.05) is 13.1 Å². The van der Waals surface area contributed by atoms with Gasteiger partial charge in [0.1, 0.15) is 5.82 Å². The van der Waals surface area contributed by atoms with Crippen LogP contribution in [0.5, 0.6) is 0 Å². The molecule has 0 saturated carbocycles. The Balaban J connectivity index is 1.65. The van der Waals surface area contributed by atoms with Gasteiger partial charge < -0.3 is 9.64 Å². The molecule has 1 aliphatic heterocycles. The van der Waals surface area contributed by atoms with E-state index in [0.717, 1.165) is 23.3 Å². The second kappa shape index (κ2) is 10.6. The van der Waals surface area contributed by atoms with E-state index in [-0.39, 0.29) is 36.0 Å². The van der Waals surface area contributed by atoms with E-state index in [0.29, 0.717) is 25.6 Å². The zero-order valence-corrected chi connectivity index (χ0v) is 19.3. The number of carbonyl (C=O) groups is 1. The Kier molecular flexibility index (Phi) is 7.55. The van der Waals surface area contributed by atoms with Crippen molar-refractivity contribution in [3.63, 3.8) is 0 Å². The van der Waals surface area contributed by atoms with Gasteiger partial charge in [-0.2, -0.15) is 13.2 Å². The number of hydrogen-bond acceptors (Lipinski definition) is 2. The summed E-state index contributed by atoms with van der Waals surface area (Å²) in [6, 6.07) is 22.3. The number of halogens is 4. The Bertz CT molecular complexity index is 1100. The van der Waals surface area contributed by atoms with Crippen LogP contribution in [0.4, 0.5) is 17.6 Å². The van der Waals surface area contributed by atoms with Gasteiger partial charge in [-0.3, -0.25) is 4.79 Å². The van der Waals surface area contributed by atoms with E-state index in [1.807, 2.05) is 60.7 Å². The van der Waals surface area contributed by atoms with Crippen LogP contribution in [-0.4, -0.2) is 30.0 Å². The molecule has 2 atom stereocenters. The van der Waals surface area contributed by atoms with Crippen molar-refractivity contribution in [3.05, 3.63) is 107 Å². The van der Waals surface area contributed by atoms with Gasteiger partial charge in [0.05, 0.1) is 18.3 Å². The van der Waals surface area contributed by atoms with Crippen LogP contribution in [-0.2, 0) is 22.3 Å². The highest BCUT2D eigenvalue weighted by Crippen LogP contribution is 2.39. The first-order valence-corrected chi connectivity index (χ1v) is 11.6. The molecule has 3 aromatic carbocycles. The molecule has 1 heterocycles. The molecule has 1 amide bonds. The van der Waals surface area contributed by atoms with E-state index in [2.05, 4.69) is 0 Å². The third-order valence-electron chi connectivity index (χ3n) is 6.53. The molecular weight excluding hydrogens is 458 g/mol. The lowest BCUT2D eigenvalue weighted by Crippen LogP contribution is -2.48. The SMILES string of the molecule is CC(=O)N1CC[C@H](OCc2cc(F)cc(C(F)(F)F)c2)[C@H](C(c2ccccc2)c2ccccc2)C1. The summed E-state index contributed by atoms with van der Waals surface area (Å²) >= 11 is 0. The lowest BCUT2D eigenvalue weighted by atomic mass is 9.75. The zero-order valence-electron chi connectivity index (χ0n) is 19.3. The maximum absolute atomic E-state index is 13.9. The average molecular weight is 486 g/mol. The lowest BCUT2D eigenvalue weighted by molar-refractivity contribution is -0.137. The largest absolute Gasteiger partial charge is 0.416 e. The van der Waals surface area contributed by atoms with Gasteiger partial charge in [0.15, 0.2) is 0 Å². The van der Waals surface area contributed by atoms with Gasteiger partial charge in [0, 0.05) is 31.8 Å². The predicted octanol–water partition coefficient (Wildman–Crippen LogP) is 6.43. The smallest absolute Gasteiger partial charge is 0.373 e. The highest BCUT2D eigenvalue weighted by molar-refractivity contribution is 5.73. The highest BCUT2D eigenvalue weighted by atomic mass is 19.4. The fraction of sp³-hybridized carbons (Fsp3) is 0.321. The summed E-state index contributed by atoms with van der Waals surface area (Å²) in [6.07, 6.45) is -4.45. The van der Waals surface area contributed by atoms with Crippen LogP contribution in [0.3, 0.4) is 0 Å². The van der Waals surface area contributed by atoms with Crippen LogP contribution >= 0.6 is 0 Å². The van der Waals surface area contributed by atoms with E-state index in [9.17, 15) is 22.4 Å². The molecule has 0 aliphatic carbocycles. The van der Waals surface area contributed by atoms with Crippen molar-refractivity contribution in [1.29, 1.82) is 0 Å². The first-order chi connectivity index (χ1) is 16.7. The van der Waals surface area contributed by atoms with Gasteiger partial charge in [-0.05, 0) is 41.3 Å². The fourth-order valence-corrected chi connectivity index (χ4v) is 4.88. The van der Waals surface area contributed by atoms with Crippen LogP contribution < -0.4 is 0 Å². The van der Waals surface area contributed by atoms with Gasteiger partial charge in [-0.15, -0.1) is 0 Å². The molecule has 35 heavy (non-hydrogen) atoms. The number of hydrogen-bond donors (Lipinski definition) is 0. The second-order valence-corrected chi connectivity index (χ2v) is 8.91. The number of carbonyl (C=O) groups excluding carboxylic acids is 1. The Morgan fingerprint density at radius 2 is 1.60 bits per heavy atom. The lowest BCUT2D eigenvalue weighted by Gasteiger charge is -2.42. The number of rotatable bonds is 6. The van der Waals surface area contributed by atoms with E-state index in [4.69, 9.17) is 4.74 Å². The molecule has 3 aromatic rings. The normalized spacial score (nSPS) is 18.6. The molecule has 0 spiro atoms. The summed E-state index contributed by atoms with van der Waals surface area (Å²) in [7, 11) is 0. The zero-order chi connectivity index (χ0) is 25.0. The maximum atomic E-state index is 13.9. The number of benzene rings is 3. The van der Waals surface area contributed by atoms with Crippen molar-refractivity contribution >= 4 is 5.91 Å². The molecule has 1 saturated heterocycles. The van der Waals surface area contributed by atoms with Crippen molar-refractivity contribution in [3.8, 4) is 0 Å². The summed E-state index contributed by atoms with van der Waals surface area (Å²) in [5.74, 6) is -1.23. The molecule has 0 unspecified atom stereocenters. The Hall–Kier alpha value is -3.19. The quantitative estimate of drug-likeness (QED) is 0.377. The Morgan fingerprint density at radius 3 is 2.14 bits per heavy atom. The minimum atomic E-state index is -4.64. The van der Waals surface area contributed by atoms with E-state index in [1.54, 1.807) is 4.90 Å². The third kappa shape index (κ3) is 6.09. The molecule has 0 aromatic heterocycles. The second-order valence-electron chi connectivity index (χ2n) is 8.91. The molecule has 1 aliphatic rings. The minimum absolute atomic E-state index is 0.0340. The summed E-state index contributed by atoms with van der Waals surface area (Å²) in [5.41, 5.74) is 1.21. The molecular formula is C28H27F4NO2. The van der Waals surface area contributed by atoms with Gasteiger partial charge in [0.2, 0.25) is 5.91 Å². The Morgan fingerprint density at radius 1 is 1.00 bits per heavy atom. The van der Waals surface area contributed by atoms with Gasteiger partial charge in [-0.25, -0.2) is 4.39 Å². The number of likely N-dealkylation sites (tertiary alicyclic amines) is 1. The summed E-state index contributed by atoms with van der Waals surface area (Å²) in [4.78, 5) is 14.0. The molecule has 4 rings (SSSR count).